The molecule has 2 rings (SSSR count). The van der Waals surface area contributed by atoms with E-state index in [0.717, 1.165) is 57.8 Å². The number of thioether (sulfide) groups is 1. The molecule has 0 aromatic carbocycles. The van der Waals surface area contributed by atoms with Crippen molar-refractivity contribution in [1.82, 2.24) is 15.5 Å². The molecular weight excluding hydrogens is 459 g/mol. The maximum atomic E-state index is 12.7. The second-order valence-corrected chi connectivity index (χ2v) is 8.20. The lowest BCUT2D eigenvalue weighted by molar-refractivity contribution is -0.135. The summed E-state index contributed by atoms with van der Waals surface area (Å²) in [5, 5.41) is 6.87. The number of hydrogen-bond donors (Lipinski definition) is 2. The number of rotatable bonds is 8. The van der Waals surface area contributed by atoms with Gasteiger partial charge in [0.25, 0.3) is 0 Å². The molecule has 1 amide bonds. The highest BCUT2D eigenvalue weighted by molar-refractivity contribution is 14.0. The summed E-state index contributed by atoms with van der Waals surface area (Å²) in [5.74, 6) is 2.79. The van der Waals surface area contributed by atoms with E-state index in [0.29, 0.717) is 11.9 Å². The van der Waals surface area contributed by atoms with Gasteiger partial charge < -0.3 is 15.5 Å². The maximum absolute atomic E-state index is 12.7. The smallest absolute Gasteiger partial charge is 0.225 e. The fourth-order valence-electron chi connectivity index (χ4n) is 3.75. The van der Waals surface area contributed by atoms with Crippen LogP contribution in [0.3, 0.4) is 0 Å². The van der Waals surface area contributed by atoms with E-state index < -0.39 is 0 Å². The van der Waals surface area contributed by atoms with E-state index in [1.54, 1.807) is 0 Å². The molecule has 0 aromatic heterocycles. The first-order chi connectivity index (χ1) is 12.2. The summed E-state index contributed by atoms with van der Waals surface area (Å²) in [5.41, 5.74) is 0. The predicted molar refractivity (Wildman–Crippen MR) is 124 cm³/mol. The van der Waals surface area contributed by atoms with E-state index in [2.05, 4.69) is 28.7 Å². The highest BCUT2D eigenvalue weighted by atomic mass is 127. The van der Waals surface area contributed by atoms with Crippen molar-refractivity contribution in [3.8, 4) is 0 Å². The fraction of sp³-hybridized carbons (Fsp3) is 0.895. The minimum atomic E-state index is 0. The third-order valence-corrected chi connectivity index (χ3v) is 5.86. The molecule has 26 heavy (non-hydrogen) atoms. The quantitative estimate of drug-likeness (QED) is 0.234. The Kier molecular flexibility index (Phi) is 12.8. The fourth-order valence-corrected chi connectivity index (χ4v) is 4.24. The zero-order valence-electron chi connectivity index (χ0n) is 16.5. The normalized spacial score (nSPS) is 21.4. The number of halogens is 1. The zero-order valence-corrected chi connectivity index (χ0v) is 19.6. The topological polar surface area (TPSA) is 56.7 Å². The van der Waals surface area contributed by atoms with Crippen LogP contribution in [-0.4, -0.2) is 61.0 Å². The molecule has 1 atom stereocenters. The second kappa shape index (κ2) is 13.9. The summed E-state index contributed by atoms with van der Waals surface area (Å²) in [6, 6.07) is 0.330. The van der Waals surface area contributed by atoms with E-state index in [1.807, 2.05) is 11.8 Å². The molecule has 0 aromatic rings. The van der Waals surface area contributed by atoms with Crippen LogP contribution in [-0.2, 0) is 4.79 Å². The SMILES string of the molecule is CCNC(=NCCCCSC)NC1CCN(C(=O)C2CCCCC2)C1.I. The summed E-state index contributed by atoms with van der Waals surface area (Å²) in [6.07, 6.45) is 11.4. The Hall–Kier alpha value is -0.180. The van der Waals surface area contributed by atoms with Crippen LogP contribution in [0.2, 0.25) is 0 Å². The molecule has 1 saturated heterocycles. The lowest BCUT2D eigenvalue weighted by atomic mass is 9.88. The number of carbonyl (C=O) groups is 1. The molecule has 2 aliphatic rings. The van der Waals surface area contributed by atoms with Gasteiger partial charge in [-0.3, -0.25) is 9.79 Å². The Balaban J connectivity index is 0.00000338. The van der Waals surface area contributed by atoms with Gasteiger partial charge in [-0.25, -0.2) is 0 Å². The first kappa shape index (κ1) is 23.9. The molecule has 0 radical (unpaired) electrons. The van der Waals surface area contributed by atoms with Crippen molar-refractivity contribution in [3.63, 3.8) is 0 Å². The first-order valence-electron chi connectivity index (χ1n) is 10.1. The van der Waals surface area contributed by atoms with Crippen LogP contribution in [0, 0.1) is 5.92 Å². The summed E-state index contributed by atoms with van der Waals surface area (Å²) in [7, 11) is 0. The molecule has 1 unspecified atom stereocenters. The number of guanidine groups is 1. The number of aliphatic imine (C=N–C) groups is 1. The lowest BCUT2D eigenvalue weighted by Gasteiger charge is -2.26. The van der Waals surface area contributed by atoms with Crippen molar-refractivity contribution >= 4 is 47.6 Å². The minimum absolute atomic E-state index is 0. The second-order valence-electron chi connectivity index (χ2n) is 7.21. The van der Waals surface area contributed by atoms with Crippen molar-refractivity contribution < 1.29 is 4.79 Å². The number of carbonyl (C=O) groups excluding carboxylic acids is 1. The first-order valence-corrected chi connectivity index (χ1v) is 11.5. The van der Waals surface area contributed by atoms with Gasteiger partial charge in [0.2, 0.25) is 5.91 Å². The zero-order chi connectivity index (χ0) is 17.9. The van der Waals surface area contributed by atoms with Gasteiger partial charge in [0.15, 0.2) is 5.96 Å². The van der Waals surface area contributed by atoms with Crippen LogP contribution >= 0.6 is 35.7 Å². The standard InChI is InChI=1S/C19H36N4OS.HI/c1-3-20-19(21-12-7-8-14-25-2)22-17-11-13-23(15-17)18(24)16-9-5-4-6-10-16;/h16-17H,3-15H2,1-2H3,(H2,20,21,22);1H. The van der Waals surface area contributed by atoms with Crippen LogP contribution in [0.25, 0.3) is 0 Å². The summed E-state index contributed by atoms with van der Waals surface area (Å²) >= 11 is 1.89. The van der Waals surface area contributed by atoms with Crippen LogP contribution < -0.4 is 10.6 Å². The van der Waals surface area contributed by atoms with E-state index in [9.17, 15) is 4.79 Å². The summed E-state index contributed by atoms with van der Waals surface area (Å²) in [4.78, 5) is 19.4. The predicted octanol–water partition coefficient (Wildman–Crippen LogP) is 3.48. The molecule has 1 aliphatic heterocycles. The maximum Gasteiger partial charge on any atom is 0.225 e. The number of nitrogens with zero attached hydrogens (tertiary/aromatic N) is 2. The third-order valence-electron chi connectivity index (χ3n) is 5.17. The molecule has 2 N–H and O–H groups in total. The molecule has 152 valence electrons. The number of hydrogen-bond acceptors (Lipinski definition) is 3. The van der Waals surface area contributed by atoms with Gasteiger partial charge in [-0.2, -0.15) is 11.8 Å². The molecule has 7 heteroatoms. The van der Waals surface area contributed by atoms with Crippen molar-refractivity contribution in [2.24, 2.45) is 10.9 Å². The molecule has 1 saturated carbocycles. The number of amides is 1. The van der Waals surface area contributed by atoms with Crippen molar-refractivity contribution in [2.45, 2.75) is 64.3 Å². The Bertz CT molecular complexity index is 430. The average Bonchev–Trinajstić information content (AvgIpc) is 3.10. The largest absolute Gasteiger partial charge is 0.357 e. The van der Waals surface area contributed by atoms with Gasteiger partial charge in [-0.05, 0) is 51.0 Å². The molecular formula is C19H37IN4OS. The molecule has 1 aliphatic carbocycles. The van der Waals surface area contributed by atoms with E-state index >= 15 is 0 Å². The lowest BCUT2D eigenvalue weighted by Crippen LogP contribution is -2.45. The van der Waals surface area contributed by atoms with Crippen molar-refractivity contribution in [2.75, 3.05) is 38.2 Å². The van der Waals surface area contributed by atoms with Gasteiger partial charge in [0, 0.05) is 38.1 Å². The molecule has 5 nitrogen and oxygen atoms in total. The molecule has 1 heterocycles. The summed E-state index contributed by atoms with van der Waals surface area (Å²) in [6.45, 7) is 5.55. The number of unbranched alkanes of at least 4 members (excludes halogenated alkanes) is 1. The monoisotopic (exact) mass is 496 g/mol. The van der Waals surface area contributed by atoms with Crippen LogP contribution in [0.15, 0.2) is 4.99 Å². The van der Waals surface area contributed by atoms with Crippen molar-refractivity contribution in [3.05, 3.63) is 0 Å². The van der Waals surface area contributed by atoms with Crippen LogP contribution in [0.5, 0.6) is 0 Å². The Morgan fingerprint density at radius 2 is 1.96 bits per heavy atom. The molecule has 0 spiro atoms. The van der Waals surface area contributed by atoms with Crippen molar-refractivity contribution in [1.29, 1.82) is 0 Å². The molecule has 0 bridgehead atoms. The third kappa shape index (κ3) is 8.23. The Morgan fingerprint density at radius 3 is 2.65 bits per heavy atom. The average molecular weight is 497 g/mol. The van der Waals surface area contributed by atoms with Gasteiger partial charge >= 0.3 is 0 Å². The molecule has 2 fully saturated rings. The van der Waals surface area contributed by atoms with E-state index in [1.165, 1.54) is 31.4 Å². The number of likely N-dealkylation sites (tertiary alicyclic amines) is 1. The Morgan fingerprint density at radius 1 is 1.19 bits per heavy atom. The minimum Gasteiger partial charge on any atom is -0.357 e. The van der Waals surface area contributed by atoms with E-state index in [4.69, 9.17) is 4.99 Å². The van der Waals surface area contributed by atoms with Crippen LogP contribution in [0.1, 0.15) is 58.3 Å². The van der Waals surface area contributed by atoms with Gasteiger partial charge in [-0.1, -0.05) is 19.3 Å². The Labute approximate surface area is 180 Å². The van der Waals surface area contributed by atoms with E-state index in [-0.39, 0.29) is 29.9 Å². The van der Waals surface area contributed by atoms with Crippen LogP contribution in [0.4, 0.5) is 0 Å². The van der Waals surface area contributed by atoms with Gasteiger partial charge in [0.05, 0.1) is 0 Å². The highest BCUT2D eigenvalue weighted by Gasteiger charge is 2.31. The summed E-state index contributed by atoms with van der Waals surface area (Å²) < 4.78 is 0. The van der Waals surface area contributed by atoms with Gasteiger partial charge in [0.1, 0.15) is 0 Å². The van der Waals surface area contributed by atoms with Gasteiger partial charge in [-0.15, -0.1) is 24.0 Å². The highest BCUT2D eigenvalue weighted by Crippen LogP contribution is 2.26. The number of nitrogens with one attached hydrogen (secondary N) is 2.